The predicted molar refractivity (Wildman–Crippen MR) is 53.0 cm³/mol. The van der Waals surface area contributed by atoms with Crippen LogP contribution in [0.25, 0.3) is 0 Å². The second-order valence-corrected chi connectivity index (χ2v) is 4.18. The molecule has 1 saturated carbocycles. The minimum atomic E-state index is 0.0524. The average Bonchev–Trinajstić information content (AvgIpc) is 2.62. The summed E-state index contributed by atoms with van der Waals surface area (Å²) >= 11 is 0. The third-order valence-electron chi connectivity index (χ3n) is 3.15. The van der Waals surface area contributed by atoms with E-state index in [0.717, 1.165) is 32.2 Å². The van der Waals surface area contributed by atoms with Crippen LogP contribution in [-0.2, 0) is 9.53 Å². The topological polar surface area (TPSA) is 50.4 Å². The zero-order valence-electron chi connectivity index (χ0n) is 8.58. The van der Waals surface area contributed by atoms with Gasteiger partial charge in [-0.1, -0.05) is 0 Å². The fourth-order valence-corrected chi connectivity index (χ4v) is 2.09. The fourth-order valence-electron chi connectivity index (χ4n) is 2.09. The monoisotopic (exact) mass is 198 g/mol. The van der Waals surface area contributed by atoms with Crippen molar-refractivity contribution in [2.75, 3.05) is 13.7 Å². The highest BCUT2D eigenvalue weighted by Gasteiger charge is 2.32. The van der Waals surface area contributed by atoms with Crippen LogP contribution in [0.4, 0.5) is 0 Å². The molecule has 2 N–H and O–H groups in total. The minimum Gasteiger partial charge on any atom is -0.381 e. The molecular formula is C10H18N2O2. The number of carbonyl (C=O) groups excluding carboxylic acids is 1. The minimum absolute atomic E-state index is 0.0524. The number of hydrogen-bond donors (Lipinski definition) is 2. The Labute approximate surface area is 84.4 Å². The summed E-state index contributed by atoms with van der Waals surface area (Å²) in [5, 5.41) is 6.23. The van der Waals surface area contributed by atoms with E-state index in [1.54, 1.807) is 7.11 Å². The molecule has 0 spiro atoms. The average molecular weight is 198 g/mol. The van der Waals surface area contributed by atoms with Crippen LogP contribution in [-0.4, -0.2) is 37.7 Å². The smallest absolute Gasteiger partial charge is 0.237 e. The Morgan fingerprint density at radius 1 is 1.50 bits per heavy atom. The molecule has 14 heavy (non-hydrogen) atoms. The van der Waals surface area contributed by atoms with Crippen molar-refractivity contribution >= 4 is 5.91 Å². The van der Waals surface area contributed by atoms with E-state index in [1.807, 2.05) is 0 Å². The molecule has 0 aromatic heterocycles. The van der Waals surface area contributed by atoms with Crippen LogP contribution in [0.15, 0.2) is 0 Å². The van der Waals surface area contributed by atoms with Gasteiger partial charge in [-0.25, -0.2) is 0 Å². The highest BCUT2D eigenvalue weighted by molar-refractivity contribution is 5.82. The molecule has 0 aromatic rings. The predicted octanol–water partition coefficient (Wildman–Crippen LogP) is 0.0320. The first-order chi connectivity index (χ1) is 6.79. The Morgan fingerprint density at radius 2 is 2.29 bits per heavy atom. The SMILES string of the molecule is COC1CC(NC(=O)[C@@H]2CCCN2)C1. The van der Waals surface area contributed by atoms with Gasteiger partial charge in [-0.3, -0.25) is 4.79 Å². The van der Waals surface area contributed by atoms with Crippen LogP contribution < -0.4 is 10.6 Å². The van der Waals surface area contributed by atoms with E-state index < -0.39 is 0 Å². The van der Waals surface area contributed by atoms with E-state index in [0.29, 0.717) is 12.1 Å². The lowest BCUT2D eigenvalue weighted by molar-refractivity contribution is -0.125. The van der Waals surface area contributed by atoms with Gasteiger partial charge in [0.15, 0.2) is 0 Å². The van der Waals surface area contributed by atoms with Gasteiger partial charge in [0.05, 0.1) is 12.1 Å². The van der Waals surface area contributed by atoms with E-state index in [2.05, 4.69) is 10.6 Å². The van der Waals surface area contributed by atoms with Crippen molar-refractivity contribution in [3.63, 3.8) is 0 Å². The second kappa shape index (κ2) is 4.28. The summed E-state index contributed by atoms with van der Waals surface area (Å²) in [7, 11) is 1.72. The molecule has 0 unspecified atom stereocenters. The van der Waals surface area contributed by atoms with Gasteiger partial charge in [-0.15, -0.1) is 0 Å². The summed E-state index contributed by atoms with van der Waals surface area (Å²) in [6.07, 6.45) is 4.39. The fraction of sp³-hybridized carbons (Fsp3) is 0.900. The first-order valence-corrected chi connectivity index (χ1v) is 5.36. The number of nitrogens with one attached hydrogen (secondary N) is 2. The molecule has 1 aliphatic carbocycles. The lowest BCUT2D eigenvalue weighted by atomic mass is 9.89. The largest absolute Gasteiger partial charge is 0.381 e. The molecule has 2 aliphatic rings. The maximum atomic E-state index is 11.6. The molecule has 0 radical (unpaired) electrons. The summed E-state index contributed by atoms with van der Waals surface area (Å²) in [5.41, 5.74) is 0. The van der Waals surface area contributed by atoms with Gasteiger partial charge in [-0.05, 0) is 32.2 Å². The highest BCUT2D eigenvalue weighted by Crippen LogP contribution is 2.22. The first-order valence-electron chi connectivity index (χ1n) is 5.36. The summed E-state index contributed by atoms with van der Waals surface area (Å²) in [6, 6.07) is 0.395. The second-order valence-electron chi connectivity index (χ2n) is 4.18. The molecular weight excluding hydrogens is 180 g/mol. The van der Waals surface area contributed by atoms with Gasteiger partial charge in [0.25, 0.3) is 0 Å². The van der Waals surface area contributed by atoms with Gasteiger partial charge >= 0.3 is 0 Å². The van der Waals surface area contributed by atoms with E-state index in [1.165, 1.54) is 0 Å². The molecule has 1 atom stereocenters. The van der Waals surface area contributed by atoms with Crippen molar-refractivity contribution in [2.45, 2.75) is 43.9 Å². The van der Waals surface area contributed by atoms with Gasteiger partial charge < -0.3 is 15.4 Å². The van der Waals surface area contributed by atoms with E-state index >= 15 is 0 Å². The number of hydrogen-bond acceptors (Lipinski definition) is 3. The Hall–Kier alpha value is -0.610. The van der Waals surface area contributed by atoms with E-state index in [4.69, 9.17) is 4.74 Å². The summed E-state index contributed by atoms with van der Waals surface area (Å²) in [4.78, 5) is 11.6. The number of methoxy groups -OCH3 is 1. The number of carbonyl (C=O) groups is 1. The third-order valence-corrected chi connectivity index (χ3v) is 3.15. The van der Waals surface area contributed by atoms with Gasteiger partial charge in [-0.2, -0.15) is 0 Å². The molecule has 0 aromatic carbocycles. The Bertz CT molecular complexity index is 208. The number of ether oxygens (including phenoxy) is 1. The third kappa shape index (κ3) is 2.07. The molecule has 2 fully saturated rings. The van der Waals surface area contributed by atoms with Gasteiger partial charge in [0.2, 0.25) is 5.91 Å². The highest BCUT2D eigenvalue weighted by atomic mass is 16.5. The Morgan fingerprint density at radius 3 is 2.86 bits per heavy atom. The van der Waals surface area contributed by atoms with Crippen LogP contribution >= 0.6 is 0 Å². The zero-order valence-corrected chi connectivity index (χ0v) is 8.58. The van der Waals surface area contributed by atoms with Crippen molar-refractivity contribution in [3.8, 4) is 0 Å². The zero-order chi connectivity index (χ0) is 9.97. The molecule has 4 heteroatoms. The summed E-state index contributed by atoms with van der Waals surface area (Å²) in [6.45, 7) is 0.976. The quantitative estimate of drug-likeness (QED) is 0.673. The molecule has 0 bridgehead atoms. The van der Waals surface area contributed by atoms with Crippen molar-refractivity contribution in [1.29, 1.82) is 0 Å². The van der Waals surface area contributed by atoms with Crippen LogP contribution in [0, 0.1) is 0 Å². The van der Waals surface area contributed by atoms with Crippen molar-refractivity contribution in [3.05, 3.63) is 0 Å². The first kappa shape index (κ1) is 9.93. The van der Waals surface area contributed by atoms with E-state index in [9.17, 15) is 4.79 Å². The molecule has 4 nitrogen and oxygen atoms in total. The van der Waals surface area contributed by atoms with Gasteiger partial charge in [0, 0.05) is 13.2 Å². The van der Waals surface area contributed by atoms with Crippen LogP contribution in [0.5, 0.6) is 0 Å². The summed E-state index contributed by atoms with van der Waals surface area (Å²) in [5.74, 6) is 0.169. The maximum Gasteiger partial charge on any atom is 0.237 e. The molecule has 1 saturated heterocycles. The lowest BCUT2D eigenvalue weighted by Gasteiger charge is -2.35. The van der Waals surface area contributed by atoms with Crippen molar-refractivity contribution < 1.29 is 9.53 Å². The van der Waals surface area contributed by atoms with Crippen LogP contribution in [0.1, 0.15) is 25.7 Å². The summed E-state index contributed by atoms with van der Waals surface area (Å²) < 4.78 is 5.16. The molecule has 1 aliphatic heterocycles. The maximum absolute atomic E-state index is 11.6. The Balaban J connectivity index is 1.68. The number of rotatable bonds is 3. The van der Waals surface area contributed by atoms with Crippen molar-refractivity contribution in [1.82, 2.24) is 10.6 Å². The van der Waals surface area contributed by atoms with Crippen LogP contribution in [0.2, 0.25) is 0 Å². The van der Waals surface area contributed by atoms with E-state index in [-0.39, 0.29) is 11.9 Å². The molecule has 1 heterocycles. The molecule has 2 rings (SSSR count). The Kier molecular flexibility index (Phi) is 3.03. The molecule has 1 amide bonds. The van der Waals surface area contributed by atoms with Gasteiger partial charge in [0.1, 0.15) is 0 Å². The standard InChI is InChI=1S/C10H18N2O2/c1-14-8-5-7(6-8)12-10(13)9-3-2-4-11-9/h7-9,11H,2-6H2,1H3,(H,12,13)/t7?,8?,9-/m0/s1. The number of amides is 1. The normalized spacial score (nSPS) is 36.5. The lowest BCUT2D eigenvalue weighted by Crippen LogP contribution is -2.52. The molecule has 80 valence electrons. The van der Waals surface area contributed by atoms with Crippen LogP contribution in [0.3, 0.4) is 0 Å². The van der Waals surface area contributed by atoms with Crippen molar-refractivity contribution in [2.24, 2.45) is 0 Å².